The number of piperidine rings is 1. The van der Waals surface area contributed by atoms with Crippen LogP contribution in [0, 0.1) is 0 Å². The Morgan fingerprint density at radius 3 is 2.50 bits per heavy atom. The SMILES string of the molecule is CCN1CCN(CC(=O)NC2CCCN(c3ccc(C(F)(F)F)cn3)C2)CC1. The molecular formula is C19H28F3N5O. The van der Waals surface area contributed by atoms with Crippen molar-refractivity contribution >= 4 is 11.7 Å². The Balaban J connectivity index is 1.49. The molecule has 0 aromatic carbocycles. The summed E-state index contributed by atoms with van der Waals surface area (Å²) in [7, 11) is 0. The summed E-state index contributed by atoms with van der Waals surface area (Å²) in [5.74, 6) is 0.528. The van der Waals surface area contributed by atoms with Gasteiger partial charge in [-0.25, -0.2) is 4.98 Å². The smallest absolute Gasteiger partial charge is 0.355 e. The van der Waals surface area contributed by atoms with Gasteiger partial charge < -0.3 is 15.1 Å². The molecule has 28 heavy (non-hydrogen) atoms. The molecule has 2 saturated heterocycles. The zero-order valence-electron chi connectivity index (χ0n) is 16.2. The van der Waals surface area contributed by atoms with Gasteiger partial charge in [-0.2, -0.15) is 13.2 Å². The first-order valence-corrected chi connectivity index (χ1v) is 9.87. The van der Waals surface area contributed by atoms with E-state index in [9.17, 15) is 18.0 Å². The highest BCUT2D eigenvalue weighted by Gasteiger charge is 2.31. The molecule has 2 fully saturated rings. The lowest BCUT2D eigenvalue weighted by Gasteiger charge is -2.36. The number of carbonyl (C=O) groups is 1. The van der Waals surface area contributed by atoms with Gasteiger partial charge in [0.15, 0.2) is 0 Å². The number of carbonyl (C=O) groups excluding carboxylic acids is 1. The monoisotopic (exact) mass is 399 g/mol. The number of nitrogens with zero attached hydrogens (tertiary/aromatic N) is 4. The van der Waals surface area contributed by atoms with Crippen LogP contribution in [-0.4, -0.2) is 79.1 Å². The zero-order valence-corrected chi connectivity index (χ0v) is 16.2. The van der Waals surface area contributed by atoms with Crippen LogP contribution in [0.5, 0.6) is 0 Å². The predicted octanol–water partition coefficient (Wildman–Crippen LogP) is 1.82. The number of amides is 1. The molecule has 0 aliphatic carbocycles. The van der Waals surface area contributed by atoms with E-state index in [1.807, 2.05) is 4.90 Å². The van der Waals surface area contributed by atoms with Gasteiger partial charge in [-0.3, -0.25) is 9.69 Å². The second-order valence-corrected chi connectivity index (χ2v) is 7.47. The summed E-state index contributed by atoms with van der Waals surface area (Å²) >= 11 is 0. The molecule has 1 unspecified atom stereocenters. The van der Waals surface area contributed by atoms with Crippen molar-refractivity contribution < 1.29 is 18.0 Å². The normalized spacial score (nSPS) is 22.3. The Hall–Kier alpha value is -1.87. The quantitative estimate of drug-likeness (QED) is 0.819. The summed E-state index contributed by atoms with van der Waals surface area (Å²) in [4.78, 5) is 22.8. The number of hydrogen-bond donors (Lipinski definition) is 1. The third-order valence-corrected chi connectivity index (χ3v) is 5.47. The highest BCUT2D eigenvalue weighted by Crippen LogP contribution is 2.29. The molecule has 156 valence electrons. The molecule has 2 aliphatic heterocycles. The lowest BCUT2D eigenvalue weighted by molar-refractivity contribution is -0.137. The average molecular weight is 399 g/mol. The van der Waals surface area contributed by atoms with E-state index >= 15 is 0 Å². The van der Waals surface area contributed by atoms with E-state index < -0.39 is 11.7 Å². The van der Waals surface area contributed by atoms with E-state index in [2.05, 4.69) is 27.0 Å². The first-order chi connectivity index (χ1) is 13.3. The Bertz CT molecular complexity index is 644. The van der Waals surface area contributed by atoms with Crippen molar-refractivity contribution in [2.45, 2.75) is 32.0 Å². The fraction of sp³-hybridized carbons (Fsp3) is 0.684. The topological polar surface area (TPSA) is 51.7 Å². The van der Waals surface area contributed by atoms with Gasteiger partial charge in [0.25, 0.3) is 0 Å². The fourth-order valence-corrected chi connectivity index (χ4v) is 3.78. The minimum atomic E-state index is -4.38. The molecule has 2 aliphatic rings. The van der Waals surface area contributed by atoms with Gasteiger partial charge in [0.2, 0.25) is 5.91 Å². The lowest BCUT2D eigenvalue weighted by atomic mass is 10.1. The Kier molecular flexibility index (Phi) is 6.77. The van der Waals surface area contributed by atoms with Gasteiger partial charge >= 0.3 is 6.18 Å². The van der Waals surface area contributed by atoms with E-state index in [-0.39, 0.29) is 11.9 Å². The second-order valence-electron chi connectivity index (χ2n) is 7.47. The van der Waals surface area contributed by atoms with Crippen LogP contribution in [0.4, 0.5) is 19.0 Å². The Morgan fingerprint density at radius 1 is 1.18 bits per heavy atom. The number of rotatable bonds is 5. The van der Waals surface area contributed by atoms with Crippen molar-refractivity contribution in [2.24, 2.45) is 0 Å². The largest absolute Gasteiger partial charge is 0.417 e. The van der Waals surface area contributed by atoms with Gasteiger partial charge in [0.05, 0.1) is 12.1 Å². The van der Waals surface area contributed by atoms with E-state index in [1.165, 1.54) is 6.07 Å². The molecule has 1 atom stereocenters. The summed E-state index contributed by atoms with van der Waals surface area (Å²) < 4.78 is 38.1. The van der Waals surface area contributed by atoms with Gasteiger partial charge in [-0.1, -0.05) is 6.92 Å². The number of pyridine rings is 1. The van der Waals surface area contributed by atoms with Crippen LogP contribution in [0.1, 0.15) is 25.3 Å². The van der Waals surface area contributed by atoms with Crippen LogP contribution in [0.3, 0.4) is 0 Å². The highest BCUT2D eigenvalue weighted by molar-refractivity contribution is 5.78. The molecule has 6 nitrogen and oxygen atoms in total. The molecule has 3 heterocycles. The van der Waals surface area contributed by atoms with Crippen molar-refractivity contribution in [1.29, 1.82) is 0 Å². The van der Waals surface area contributed by atoms with Crippen LogP contribution in [-0.2, 0) is 11.0 Å². The van der Waals surface area contributed by atoms with Gasteiger partial charge in [0, 0.05) is 51.5 Å². The molecule has 0 bridgehead atoms. The molecule has 0 radical (unpaired) electrons. The molecule has 1 amide bonds. The molecular weight excluding hydrogens is 371 g/mol. The van der Waals surface area contributed by atoms with E-state index in [0.29, 0.717) is 18.9 Å². The maximum Gasteiger partial charge on any atom is 0.417 e. The van der Waals surface area contributed by atoms with Crippen molar-refractivity contribution in [3.63, 3.8) is 0 Å². The van der Waals surface area contributed by atoms with E-state index in [4.69, 9.17) is 0 Å². The van der Waals surface area contributed by atoms with E-state index in [1.54, 1.807) is 0 Å². The Labute approximate surface area is 163 Å². The minimum absolute atomic E-state index is 0.0113. The number of halogens is 3. The van der Waals surface area contributed by atoms with Crippen molar-refractivity contribution in [3.8, 4) is 0 Å². The van der Waals surface area contributed by atoms with Gasteiger partial charge in [0.1, 0.15) is 5.82 Å². The highest BCUT2D eigenvalue weighted by atomic mass is 19.4. The summed E-state index contributed by atoms with van der Waals surface area (Å²) in [5.41, 5.74) is -0.749. The van der Waals surface area contributed by atoms with E-state index in [0.717, 1.165) is 64.4 Å². The third kappa shape index (κ3) is 5.57. The minimum Gasteiger partial charge on any atom is -0.355 e. The van der Waals surface area contributed by atoms with Gasteiger partial charge in [-0.05, 0) is 31.5 Å². The Morgan fingerprint density at radius 2 is 1.89 bits per heavy atom. The zero-order chi connectivity index (χ0) is 20.1. The fourth-order valence-electron chi connectivity index (χ4n) is 3.78. The number of piperazine rings is 1. The van der Waals surface area contributed by atoms with Crippen molar-refractivity contribution in [1.82, 2.24) is 20.1 Å². The second kappa shape index (κ2) is 9.09. The number of hydrogen-bond acceptors (Lipinski definition) is 5. The first kappa shape index (κ1) is 20.9. The number of alkyl halides is 3. The van der Waals surface area contributed by atoms with Crippen molar-refractivity contribution in [3.05, 3.63) is 23.9 Å². The summed E-state index contributed by atoms with van der Waals surface area (Å²) in [6.07, 6.45) is -1.78. The predicted molar refractivity (Wildman–Crippen MR) is 101 cm³/mol. The summed E-state index contributed by atoms with van der Waals surface area (Å²) in [5, 5.41) is 3.08. The van der Waals surface area contributed by atoms with Crippen LogP contribution >= 0.6 is 0 Å². The van der Waals surface area contributed by atoms with Crippen LogP contribution in [0.25, 0.3) is 0 Å². The molecule has 0 spiro atoms. The number of likely N-dealkylation sites (N-methyl/N-ethyl adjacent to an activating group) is 1. The summed E-state index contributed by atoms with van der Waals surface area (Å²) in [6.45, 7) is 8.63. The average Bonchev–Trinajstić information content (AvgIpc) is 2.68. The van der Waals surface area contributed by atoms with Crippen LogP contribution < -0.4 is 10.2 Å². The number of nitrogens with one attached hydrogen (secondary N) is 1. The molecule has 1 N–H and O–H groups in total. The van der Waals surface area contributed by atoms with Crippen LogP contribution in [0.15, 0.2) is 18.3 Å². The maximum absolute atomic E-state index is 12.7. The summed E-state index contributed by atoms with van der Waals surface area (Å²) in [6, 6.07) is 2.45. The number of anilines is 1. The molecule has 0 saturated carbocycles. The molecule has 1 aromatic rings. The molecule has 9 heteroatoms. The lowest BCUT2D eigenvalue weighted by Crippen LogP contribution is -2.53. The maximum atomic E-state index is 12.7. The number of aromatic nitrogens is 1. The molecule has 1 aromatic heterocycles. The molecule has 3 rings (SSSR count). The third-order valence-electron chi connectivity index (χ3n) is 5.47. The van der Waals surface area contributed by atoms with Crippen molar-refractivity contribution in [2.75, 3.05) is 57.3 Å². The first-order valence-electron chi connectivity index (χ1n) is 9.87. The van der Waals surface area contributed by atoms with Crippen LogP contribution in [0.2, 0.25) is 0 Å². The van der Waals surface area contributed by atoms with Gasteiger partial charge in [-0.15, -0.1) is 0 Å². The standard InChI is InChI=1S/C19H28F3N5O/c1-2-25-8-10-26(11-9-25)14-18(28)24-16-4-3-7-27(13-16)17-6-5-15(12-23-17)19(20,21)22/h5-6,12,16H,2-4,7-11,13-14H2,1H3,(H,24,28).